The van der Waals surface area contributed by atoms with E-state index >= 15 is 0 Å². The molecule has 4 atom stereocenters. The molecule has 0 unspecified atom stereocenters. The van der Waals surface area contributed by atoms with Gasteiger partial charge in [0.05, 0.1) is 25.7 Å². The van der Waals surface area contributed by atoms with Gasteiger partial charge in [-0.2, -0.15) is 0 Å². The van der Waals surface area contributed by atoms with E-state index in [4.69, 9.17) is 32.7 Å². The van der Waals surface area contributed by atoms with Crippen molar-refractivity contribution >= 4 is 41.3 Å². The predicted molar refractivity (Wildman–Crippen MR) is 150 cm³/mol. The first-order chi connectivity index (χ1) is 19.2. The first-order valence-electron chi connectivity index (χ1n) is 12.8. The van der Waals surface area contributed by atoms with Crippen molar-refractivity contribution in [2.45, 2.75) is 44.1 Å². The van der Waals surface area contributed by atoms with Gasteiger partial charge in [0.1, 0.15) is 18.5 Å². The van der Waals surface area contributed by atoms with Crippen LogP contribution in [0.4, 0.5) is 0 Å². The smallest absolute Gasteiger partial charge is 0.247 e. The second-order valence-electron chi connectivity index (χ2n) is 9.41. The van der Waals surface area contributed by atoms with E-state index in [2.05, 4.69) is 5.32 Å². The van der Waals surface area contributed by atoms with Gasteiger partial charge in [-0.25, -0.2) is 0 Å². The largest absolute Gasteiger partial charge is 0.493 e. The minimum absolute atomic E-state index is 0.00550. The zero-order valence-corrected chi connectivity index (χ0v) is 23.5. The summed E-state index contributed by atoms with van der Waals surface area (Å²) in [6, 6.07) is 7.01. The highest BCUT2D eigenvalue weighted by molar-refractivity contribution is 6.35. The van der Waals surface area contributed by atoms with Crippen LogP contribution < -0.4 is 14.8 Å². The third-order valence-electron chi connectivity index (χ3n) is 6.91. The number of fused-ring (bicyclic) bond motifs is 3. The third kappa shape index (κ3) is 5.88. The number of carbonyl (C=O) groups excluding carboxylic acids is 3. The number of aldehydes is 1. The van der Waals surface area contributed by atoms with Gasteiger partial charge in [-0.15, -0.1) is 0 Å². The van der Waals surface area contributed by atoms with Crippen LogP contribution in [0.2, 0.25) is 10.0 Å². The Morgan fingerprint density at radius 2 is 2.00 bits per heavy atom. The minimum Gasteiger partial charge on any atom is -0.493 e. The van der Waals surface area contributed by atoms with Crippen LogP contribution in [-0.4, -0.2) is 71.7 Å². The number of nitrogens with one attached hydrogen (secondary N) is 1. The quantitative estimate of drug-likeness (QED) is 0.287. The maximum Gasteiger partial charge on any atom is 0.247 e. The summed E-state index contributed by atoms with van der Waals surface area (Å²) in [6.45, 7) is 1.61. The summed E-state index contributed by atoms with van der Waals surface area (Å²) < 4.78 is 11.6. The topological polar surface area (TPSA) is 125 Å². The number of nitrogens with zero attached hydrogens (tertiary/aromatic N) is 1. The van der Waals surface area contributed by atoms with E-state index in [1.54, 1.807) is 36.4 Å². The Hall–Kier alpha value is -3.37. The van der Waals surface area contributed by atoms with Crippen LogP contribution in [-0.2, 0) is 16.1 Å². The summed E-state index contributed by atoms with van der Waals surface area (Å²) in [5.74, 6) is -1.10. The Labute approximate surface area is 242 Å². The number of carbonyl (C=O) groups is 3. The molecule has 2 aromatic rings. The number of hydrogen-bond acceptors (Lipinski definition) is 7. The first-order valence-corrected chi connectivity index (χ1v) is 13.5. The Morgan fingerprint density at radius 1 is 1.23 bits per heavy atom. The fraction of sp³-hybridized carbons (Fsp3) is 0.345. The summed E-state index contributed by atoms with van der Waals surface area (Å²) in [6.07, 6.45) is 3.65. The van der Waals surface area contributed by atoms with Crippen molar-refractivity contribution in [3.63, 3.8) is 0 Å². The van der Waals surface area contributed by atoms with E-state index in [0.717, 1.165) is 0 Å². The molecular weight excluding hydrogens is 559 g/mol. The van der Waals surface area contributed by atoms with Gasteiger partial charge in [0.25, 0.3) is 0 Å². The van der Waals surface area contributed by atoms with Crippen molar-refractivity contribution in [2.24, 2.45) is 0 Å². The number of ether oxygens (including phenoxy) is 2. The molecule has 11 heteroatoms. The fourth-order valence-electron chi connectivity index (χ4n) is 5.04. The lowest BCUT2D eigenvalue weighted by Crippen LogP contribution is -2.55. The molecule has 1 heterocycles. The predicted octanol–water partition coefficient (Wildman–Crippen LogP) is 3.43. The second-order valence-corrected chi connectivity index (χ2v) is 10.3. The number of hydrogen-bond donors (Lipinski definition) is 3. The van der Waals surface area contributed by atoms with Crippen molar-refractivity contribution in [2.75, 3.05) is 20.3 Å². The number of methoxy groups -OCH3 is 1. The lowest BCUT2D eigenvalue weighted by molar-refractivity contribution is -0.133. The summed E-state index contributed by atoms with van der Waals surface area (Å²) in [5, 5.41) is 24.4. The molecular formula is C29H30Cl2N2O7. The maximum atomic E-state index is 13.5. The van der Waals surface area contributed by atoms with Crippen LogP contribution in [0.15, 0.2) is 54.1 Å². The molecule has 1 aliphatic carbocycles. The van der Waals surface area contributed by atoms with Crippen LogP contribution in [0.3, 0.4) is 0 Å². The molecule has 0 saturated carbocycles. The Balaban J connectivity index is 1.84. The molecule has 0 bridgehead atoms. The average molecular weight is 589 g/mol. The lowest BCUT2D eigenvalue weighted by Gasteiger charge is -2.40. The van der Waals surface area contributed by atoms with Crippen LogP contribution in [0.5, 0.6) is 11.5 Å². The number of allylic oxidation sites excluding steroid dienone is 1. The molecule has 2 aromatic carbocycles. The third-order valence-corrected chi connectivity index (χ3v) is 7.49. The van der Waals surface area contributed by atoms with Gasteiger partial charge in [-0.05, 0) is 48.4 Å². The van der Waals surface area contributed by atoms with E-state index < -0.39 is 36.0 Å². The second kappa shape index (κ2) is 12.9. The standard InChI is InChI=1S/C29H30Cl2N2O7/c1-3-4-5-24(36)33(14-17-6-7-18(30)12-21(17)31)22-13-20(29(38)32-8-9-34)25-19-10-16(15-35)11-23(39-2)27(19)40-28(25)26(22)37/h4-7,10-13,15,22,25-26,28,34,37H,3,8-9,14H2,1-2H3,(H,32,38)/t22-,25+,26+,28+/m1/s1. The fourth-order valence-corrected chi connectivity index (χ4v) is 5.50. The van der Waals surface area contributed by atoms with Crippen LogP contribution >= 0.6 is 23.2 Å². The van der Waals surface area contributed by atoms with Gasteiger partial charge in [0, 0.05) is 39.8 Å². The van der Waals surface area contributed by atoms with E-state index in [1.165, 1.54) is 24.2 Å². The molecule has 0 aromatic heterocycles. The summed E-state index contributed by atoms with van der Waals surface area (Å²) in [7, 11) is 1.43. The molecule has 1 aliphatic heterocycles. The molecule has 0 spiro atoms. The van der Waals surface area contributed by atoms with Crippen LogP contribution in [0, 0.1) is 0 Å². The Kier molecular flexibility index (Phi) is 9.52. The van der Waals surface area contributed by atoms with Gasteiger partial charge in [-0.3, -0.25) is 14.4 Å². The minimum atomic E-state index is -1.28. The van der Waals surface area contributed by atoms with Crippen LogP contribution in [0.25, 0.3) is 0 Å². The molecule has 3 N–H and O–H groups in total. The van der Waals surface area contributed by atoms with E-state index in [-0.39, 0.29) is 31.0 Å². The summed E-state index contributed by atoms with van der Waals surface area (Å²) in [5.41, 5.74) is 1.62. The van der Waals surface area contributed by atoms with Crippen molar-refractivity contribution in [1.82, 2.24) is 10.2 Å². The monoisotopic (exact) mass is 588 g/mol. The van der Waals surface area contributed by atoms with Crippen molar-refractivity contribution in [3.05, 3.63) is 80.9 Å². The van der Waals surface area contributed by atoms with Crippen LogP contribution in [0.1, 0.15) is 40.7 Å². The number of halogens is 2. The Morgan fingerprint density at radius 3 is 2.65 bits per heavy atom. The molecule has 0 saturated heterocycles. The van der Waals surface area contributed by atoms with Gasteiger partial charge in [-0.1, -0.05) is 42.3 Å². The van der Waals surface area contributed by atoms with Gasteiger partial charge >= 0.3 is 0 Å². The molecule has 0 fully saturated rings. The summed E-state index contributed by atoms with van der Waals surface area (Å²) in [4.78, 5) is 39.9. The van der Waals surface area contributed by atoms with Crippen molar-refractivity contribution < 1.29 is 34.1 Å². The number of aliphatic hydroxyl groups excluding tert-OH is 2. The molecule has 2 amide bonds. The molecule has 0 radical (unpaired) electrons. The molecule has 9 nitrogen and oxygen atoms in total. The molecule has 212 valence electrons. The zero-order valence-electron chi connectivity index (χ0n) is 22.0. The molecule has 40 heavy (non-hydrogen) atoms. The number of aliphatic hydroxyl groups is 2. The van der Waals surface area contributed by atoms with E-state index in [0.29, 0.717) is 45.2 Å². The number of amides is 2. The highest BCUT2D eigenvalue weighted by Gasteiger charge is 2.51. The summed E-state index contributed by atoms with van der Waals surface area (Å²) >= 11 is 12.5. The van der Waals surface area contributed by atoms with Gasteiger partial charge < -0.3 is 29.9 Å². The van der Waals surface area contributed by atoms with Gasteiger partial charge in [0.15, 0.2) is 11.5 Å². The maximum absolute atomic E-state index is 13.5. The molecule has 2 aliphatic rings. The normalized spacial score (nSPS) is 21.2. The highest BCUT2D eigenvalue weighted by Crippen LogP contribution is 2.51. The van der Waals surface area contributed by atoms with E-state index in [1.807, 2.05) is 6.92 Å². The number of benzene rings is 2. The van der Waals surface area contributed by atoms with Crippen molar-refractivity contribution in [1.29, 1.82) is 0 Å². The Bertz CT molecular complexity index is 1360. The molecule has 4 rings (SSSR count). The lowest BCUT2D eigenvalue weighted by atomic mass is 9.77. The number of rotatable bonds is 10. The van der Waals surface area contributed by atoms with Crippen molar-refractivity contribution in [3.8, 4) is 11.5 Å². The SMILES string of the molecule is CCC=CC(=O)N(Cc1ccc(Cl)cc1Cl)[C@@H]1C=C(C(=O)NCCO)[C@@H]2c3cc(C=O)cc(OC)c3O[C@@H]2[C@H]1O. The van der Waals surface area contributed by atoms with E-state index in [9.17, 15) is 24.6 Å². The first kappa shape index (κ1) is 29.6. The average Bonchev–Trinajstić information content (AvgIpc) is 3.34. The van der Waals surface area contributed by atoms with Gasteiger partial charge in [0.2, 0.25) is 11.8 Å². The highest BCUT2D eigenvalue weighted by atomic mass is 35.5. The zero-order chi connectivity index (χ0) is 29.0.